The molecule has 0 saturated carbocycles. The van der Waals surface area contributed by atoms with E-state index in [0.29, 0.717) is 17.6 Å². The molecule has 0 bridgehead atoms. The fourth-order valence-electron chi connectivity index (χ4n) is 1.56. The molecule has 1 N–H and O–H groups in total. The Morgan fingerprint density at radius 1 is 1.67 bits per heavy atom. The zero-order valence-electron chi connectivity index (χ0n) is 7.55. The highest BCUT2D eigenvalue weighted by atomic mass is 16.3. The Morgan fingerprint density at radius 3 is 2.75 bits per heavy atom. The molecule has 0 heterocycles. The van der Waals surface area contributed by atoms with Gasteiger partial charge in [0.05, 0.1) is 6.61 Å². The van der Waals surface area contributed by atoms with Gasteiger partial charge in [-0.05, 0) is 17.4 Å². The van der Waals surface area contributed by atoms with Crippen LogP contribution in [0.4, 0.5) is 0 Å². The summed E-state index contributed by atoms with van der Waals surface area (Å²) in [4.78, 5) is 11.3. The van der Waals surface area contributed by atoms with E-state index in [9.17, 15) is 4.79 Å². The zero-order valence-corrected chi connectivity index (χ0v) is 7.55. The number of aliphatic hydroxyl groups is 1. The third kappa shape index (κ3) is 1.64. The minimum atomic E-state index is -0.179. The van der Waals surface area contributed by atoms with Gasteiger partial charge < -0.3 is 5.11 Å². The van der Waals surface area contributed by atoms with Crippen LogP contribution in [-0.4, -0.2) is 17.5 Å². The molecule has 2 heteroatoms. The highest BCUT2D eigenvalue weighted by Gasteiger charge is 2.27. The summed E-state index contributed by atoms with van der Waals surface area (Å²) in [5.74, 6) is -0.0863. The number of allylic oxidation sites excluding steroid dienone is 2. The zero-order chi connectivity index (χ0) is 9.35. The smallest absolute Gasteiger partial charge is 0.186 e. The molecule has 1 rings (SSSR count). The van der Waals surface area contributed by atoms with Crippen molar-refractivity contribution >= 4 is 5.78 Å². The molecule has 0 aromatic carbocycles. The fourth-order valence-corrected chi connectivity index (χ4v) is 1.56. The molecular formula is C10H14O2. The number of carbonyl (C=O) groups is 1. The summed E-state index contributed by atoms with van der Waals surface area (Å²) in [6.07, 6.45) is 2.53. The Morgan fingerprint density at radius 2 is 2.25 bits per heavy atom. The minimum Gasteiger partial charge on any atom is -0.392 e. The van der Waals surface area contributed by atoms with Crippen LogP contribution in [0.5, 0.6) is 0 Å². The van der Waals surface area contributed by atoms with Crippen molar-refractivity contribution in [3.05, 3.63) is 23.8 Å². The van der Waals surface area contributed by atoms with E-state index in [4.69, 9.17) is 5.11 Å². The van der Waals surface area contributed by atoms with Crippen molar-refractivity contribution in [2.24, 2.45) is 5.41 Å². The molecule has 0 spiro atoms. The van der Waals surface area contributed by atoms with Crippen LogP contribution in [-0.2, 0) is 4.79 Å². The van der Waals surface area contributed by atoms with Crippen LogP contribution in [0.3, 0.4) is 0 Å². The highest BCUT2D eigenvalue weighted by molar-refractivity contribution is 6.09. The lowest BCUT2D eigenvalue weighted by Gasteiger charge is -2.27. The standard InChI is InChI=1S/C10H14O2/c1-7-4-10(2,3)5-8(6-11)9(7)12/h5,11H,1,4,6H2,2-3H3. The van der Waals surface area contributed by atoms with Crippen molar-refractivity contribution in [3.8, 4) is 0 Å². The average molecular weight is 166 g/mol. The second-order valence-electron chi connectivity index (χ2n) is 3.93. The topological polar surface area (TPSA) is 37.3 Å². The van der Waals surface area contributed by atoms with Crippen LogP contribution in [0, 0.1) is 5.41 Å². The first kappa shape index (κ1) is 9.20. The molecule has 0 fully saturated rings. The van der Waals surface area contributed by atoms with Crippen molar-refractivity contribution < 1.29 is 9.90 Å². The van der Waals surface area contributed by atoms with Gasteiger partial charge in [-0.15, -0.1) is 0 Å². The molecule has 0 atom stereocenters. The van der Waals surface area contributed by atoms with Gasteiger partial charge in [-0.2, -0.15) is 0 Å². The Bertz CT molecular complexity index is 259. The predicted octanol–water partition coefficient (Wildman–Crippen LogP) is 1.46. The Hall–Kier alpha value is -0.890. The average Bonchev–Trinajstić information content (AvgIpc) is 1.96. The normalized spacial score (nSPS) is 22.4. The monoisotopic (exact) mass is 166 g/mol. The van der Waals surface area contributed by atoms with E-state index < -0.39 is 0 Å². The van der Waals surface area contributed by atoms with E-state index in [0.717, 1.165) is 0 Å². The number of hydrogen-bond acceptors (Lipinski definition) is 2. The maximum Gasteiger partial charge on any atom is 0.186 e. The van der Waals surface area contributed by atoms with Gasteiger partial charge in [0.1, 0.15) is 0 Å². The van der Waals surface area contributed by atoms with Crippen LogP contribution in [0.1, 0.15) is 20.3 Å². The first-order valence-corrected chi connectivity index (χ1v) is 4.01. The van der Waals surface area contributed by atoms with Gasteiger partial charge in [0, 0.05) is 5.57 Å². The Balaban J connectivity index is 3.04. The van der Waals surface area contributed by atoms with E-state index in [1.165, 1.54) is 0 Å². The minimum absolute atomic E-state index is 0.0386. The van der Waals surface area contributed by atoms with Crippen LogP contribution in [0.25, 0.3) is 0 Å². The second-order valence-corrected chi connectivity index (χ2v) is 3.93. The van der Waals surface area contributed by atoms with Crippen molar-refractivity contribution in [3.63, 3.8) is 0 Å². The van der Waals surface area contributed by atoms with Gasteiger partial charge in [-0.25, -0.2) is 0 Å². The number of carbonyl (C=O) groups excluding carboxylic acids is 1. The largest absolute Gasteiger partial charge is 0.392 e. The SMILES string of the molecule is C=C1CC(C)(C)C=C(CO)C1=O. The van der Waals surface area contributed by atoms with E-state index in [-0.39, 0.29) is 17.8 Å². The van der Waals surface area contributed by atoms with E-state index in [1.807, 2.05) is 19.9 Å². The quantitative estimate of drug-likeness (QED) is 0.599. The van der Waals surface area contributed by atoms with Gasteiger partial charge in [-0.3, -0.25) is 4.79 Å². The third-order valence-electron chi connectivity index (χ3n) is 2.02. The van der Waals surface area contributed by atoms with Gasteiger partial charge in [0.25, 0.3) is 0 Å². The van der Waals surface area contributed by atoms with Gasteiger partial charge in [0.2, 0.25) is 0 Å². The molecule has 12 heavy (non-hydrogen) atoms. The molecule has 0 aromatic heterocycles. The first-order valence-electron chi connectivity index (χ1n) is 4.01. The number of Topliss-reactive ketones (excluding diaryl/α,β-unsaturated/α-hetero) is 1. The first-order chi connectivity index (χ1) is 5.46. The number of aliphatic hydroxyl groups excluding tert-OH is 1. The molecule has 0 amide bonds. The van der Waals surface area contributed by atoms with Crippen LogP contribution >= 0.6 is 0 Å². The maximum atomic E-state index is 11.3. The summed E-state index contributed by atoms with van der Waals surface area (Å²) in [5, 5.41) is 8.88. The summed E-state index contributed by atoms with van der Waals surface area (Å²) in [5.41, 5.74) is 1.05. The molecule has 0 saturated heterocycles. The summed E-state index contributed by atoms with van der Waals surface area (Å²) in [6, 6.07) is 0. The molecule has 0 aromatic rings. The lowest BCUT2D eigenvalue weighted by Crippen LogP contribution is -2.23. The molecule has 66 valence electrons. The van der Waals surface area contributed by atoms with Crippen molar-refractivity contribution in [2.45, 2.75) is 20.3 Å². The van der Waals surface area contributed by atoms with Crippen molar-refractivity contribution in [2.75, 3.05) is 6.61 Å². The maximum absolute atomic E-state index is 11.3. The lowest BCUT2D eigenvalue weighted by atomic mass is 9.77. The van der Waals surface area contributed by atoms with E-state index >= 15 is 0 Å². The summed E-state index contributed by atoms with van der Waals surface area (Å²) >= 11 is 0. The van der Waals surface area contributed by atoms with Crippen molar-refractivity contribution in [1.29, 1.82) is 0 Å². The van der Waals surface area contributed by atoms with Gasteiger partial charge >= 0.3 is 0 Å². The van der Waals surface area contributed by atoms with Crippen LogP contribution in [0.2, 0.25) is 0 Å². The van der Waals surface area contributed by atoms with Crippen LogP contribution in [0.15, 0.2) is 23.8 Å². The number of ketones is 1. The summed E-state index contributed by atoms with van der Waals surface area (Å²) in [7, 11) is 0. The molecule has 1 aliphatic rings. The molecule has 2 nitrogen and oxygen atoms in total. The van der Waals surface area contributed by atoms with Crippen molar-refractivity contribution in [1.82, 2.24) is 0 Å². The second kappa shape index (κ2) is 2.87. The summed E-state index contributed by atoms with van der Waals surface area (Å²) < 4.78 is 0. The third-order valence-corrected chi connectivity index (χ3v) is 2.02. The number of hydrogen-bond donors (Lipinski definition) is 1. The van der Waals surface area contributed by atoms with E-state index in [2.05, 4.69) is 6.58 Å². The highest BCUT2D eigenvalue weighted by Crippen LogP contribution is 2.33. The van der Waals surface area contributed by atoms with Crippen LogP contribution < -0.4 is 0 Å². The van der Waals surface area contributed by atoms with Gasteiger partial charge in [0.15, 0.2) is 5.78 Å². The predicted molar refractivity (Wildman–Crippen MR) is 47.7 cm³/mol. The molecular weight excluding hydrogens is 152 g/mol. The lowest BCUT2D eigenvalue weighted by molar-refractivity contribution is -0.113. The molecule has 1 aliphatic carbocycles. The molecule has 0 unspecified atom stereocenters. The van der Waals surface area contributed by atoms with E-state index in [1.54, 1.807) is 0 Å². The Labute approximate surface area is 72.6 Å². The van der Waals surface area contributed by atoms with Gasteiger partial charge in [-0.1, -0.05) is 26.5 Å². The summed E-state index contributed by atoms with van der Waals surface area (Å²) in [6.45, 7) is 7.56. The fraction of sp³-hybridized carbons (Fsp3) is 0.500. The number of rotatable bonds is 1. The molecule has 0 radical (unpaired) electrons. The Kier molecular flexibility index (Phi) is 2.20. The molecule has 0 aliphatic heterocycles.